The van der Waals surface area contributed by atoms with Gasteiger partial charge in [-0.25, -0.2) is 4.98 Å². The Kier molecular flexibility index (Phi) is 6.60. The smallest absolute Gasteiger partial charge is 0.191 e. The second kappa shape index (κ2) is 8.45. The highest BCUT2D eigenvalue weighted by atomic mass is 32.1. The summed E-state index contributed by atoms with van der Waals surface area (Å²) < 4.78 is 0. The molecule has 0 aromatic carbocycles. The minimum Gasteiger partial charge on any atom is -0.356 e. The molecule has 7 heteroatoms. The second-order valence-corrected chi connectivity index (χ2v) is 7.21. The number of aryl methyl sites for hydroxylation is 1. The highest BCUT2D eigenvalue weighted by Crippen LogP contribution is 2.10. The van der Waals surface area contributed by atoms with Crippen LogP contribution in [-0.4, -0.2) is 80.7 Å². The Morgan fingerprint density at radius 3 is 2.91 bits per heavy atom. The van der Waals surface area contributed by atoms with E-state index >= 15 is 0 Å². The van der Waals surface area contributed by atoms with E-state index in [1.54, 1.807) is 11.3 Å². The van der Waals surface area contributed by atoms with Crippen molar-refractivity contribution in [3.8, 4) is 0 Å². The van der Waals surface area contributed by atoms with Crippen LogP contribution in [0.4, 0.5) is 0 Å². The third kappa shape index (κ3) is 5.23. The molecule has 0 amide bonds. The molecular formula is C15H28N6S. The first-order valence-electron chi connectivity index (χ1n) is 7.83. The number of nitrogens with zero attached hydrogens (tertiary/aromatic N) is 4. The fourth-order valence-corrected chi connectivity index (χ4v) is 3.35. The molecule has 1 atom stereocenters. The lowest BCUT2D eigenvalue weighted by Gasteiger charge is -2.37. The van der Waals surface area contributed by atoms with Crippen molar-refractivity contribution in [3.05, 3.63) is 16.1 Å². The monoisotopic (exact) mass is 324 g/mol. The van der Waals surface area contributed by atoms with Crippen molar-refractivity contribution in [1.82, 2.24) is 25.4 Å². The number of nitrogens with one attached hydrogen (secondary N) is 2. The zero-order valence-electron chi connectivity index (χ0n) is 14.1. The van der Waals surface area contributed by atoms with E-state index in [9.17, 15) is 0 Å². The van der Waals surface area contributed by atoms with E-state index in [4.69, 9.17) is 0 Å². The summed E-state index contributed by atoms with van der Waals surface area (Å²) in [7, 11) is 6.20. The summed E-state index contributed by atoms with van der Waals surface area (Å²) in [6, 6.07) is 0.527. The summed E-state index contributed by atoms with van der Waals surface area (Å²) in [4.78, 5) is 14.7. The van der Waals surface area contributed by atoms with Crippen LogP contribution in [0.15, 0.2) is 11.2 Å². The first kappa shape index (κ1) is 17.2. The first-order chi connectivity index (χ1) is 10.6. The highest BCUT2D eigenvalue weighted by molar-refractivity contribution is 7.11. The number of guanidine groups is 1. The molecule has 1 aliphatic rings. The molecule has 1 fully saturated rings. The lowest BCUT2D eigenvalue weighted by Crippen LogP contribution is -2.55. The maximum Gasteiger partial charge on any atom is 0.191 e. The first-order valence-corrected chi connectivity index (χ1v) is 8.64. The molecule has 2 N–H and O–H groups in total. The largest absolute Gasteiger partial charge is 0.356 e. The average Bonchev–Trinajstić information content (AvgIpc) is 2.91. The third-order valence-corrected chi connectivity index (χ3v) is 4.98. The minimum absolute atomic E-state index is 0.527. The van der Waals surface area contributed by atoms with Crippen LogP contribution in [0.1, 0.15) is 9.88 Å². The molecule has 0 aliphatic carbocycles. The molecule has 2 heterocycles. The van der Waals surface area contributed by atoms with Gasteiger partial charge in [-0.05, 0) is 21.0 Å². The van der Waals surface area contributed by atoms with Crippen LogP contribution in [0.2, 0.25) is 0 Å². The summed E-state index contributed by atoms with van der Waals surface area (Å²) in [6.45, 7) is 7.22. The van der Waals surface area contributed by atoms with Crippen molar-refractivity contribution in [3.63, 3.8) is 0 Å². The number of thiazole rings is 1. The van der Waals surface area contributed by atoms with Crippen LogP contribution in [-0.2, 0) is 6.42 Å². The SMILES string of the molecule is CN=C(NCCc1ncc(C)s1)NCC1CN(C)CCN1C. The zero-order chi connectivity index (χ0) is 15.9. The predicted octanol–water partition coefficient (Wildman–Crippen LogP) is 0.405. The van der Waals surface area contributed by atoms with Crippen molar-refractivity contribution >= 4 is 17.3 Å². The van der Waals surface area contributed by atoms with E-state index in [0.717, 1.165) is 45.1 Å². The molecule has 6 nitrogen and oxygen atoms in total. The Balaban J connectivity index is 1.70. The van der Waals surface area contributed by atoms with Crippen molar-refractivity contribution in [2.45, 2.75) is 19.4 Å². The van der Waals surface area contributed by atoms with Crippen LogP contribution in [0.5, 0.6) is 0 Å². The molecule has 1 saturated heterocycles. The van der Waals surface area contributed by atoms with Gasteiger partial charge >= 0.3 is 0 Å². The lowest BCUT2D eigenvalue weighted by atomic mass is 10.2. The normalized spacial score (nSPS) is 21.1. The number of rotatable bonds is 5. The van der Waals surface area contributed by atoms with E-state index in [2.05, 4.69) is 51.4 Å². The number of piperazine rings is 1. The van der Waals surface area contributed by atoms with Crippen LogP contribution in [0, 0.1) is 6.92 Å². The average molecular weight is 324 g/mol. The van der Waals surface area contributed by atoms with Crippen molar-refractivity contribution in [2.75, 3.05) is 53.9 Å². The number of aromatic nitrogens is 1. The van der Waals surface area contributed by atoms with Crippen LogP contribution in [0.3, 0.4) is 0 Å². The van der Waals surface area contributed by atoms with Gasteiger partial charge in [0.25, 0.3) is 0 Å². The number of aliphatic imine (C=N–C) groups is 1. The van der Waals surface area contributed by atoms with E-state index < -0.39 is 0 Å². The number of likely N-dealkylation sites (N-methyl/N-ethyl adjacent to an activating group) is 2. The fraction of sp³-hybridized carbons (Fsp3) is 0.733. The molecule has 1 aromatic heterocycles. The summed E-state index contributed by atoms with van der Waals surface area (Å²) in [5.41, 5.74) is 0. The Hall–Kier alpha value is -1.18. The third-order valence-electron chi connectivity index (χ3n) is 4.01. The zero-order valence-corrected chi connectivity index (χ0v) is 14.9. The minimum atomic E-state index is 0.527. The summed E-state index contributed by atoms with van der Waals surface area (Å²) in [5.74, 6) is 0.870. The molecular weight excluding hydrogens is 296 g/mol. The van der Waals surface area contributed by atoms with Gasteiger partial charge in [0, 0.05) is 63.3 Å². The lowest BCUT2D eigenvalue weighted by molar-refractivity contribution is 0.116. The molecule has 0 spiro atoms. The molecule has 0 bridgehead atoms. The van der Waals surface area contributed by atoms with Gasteiger partial charge in [0.1, 0.15) is 0 Å². The van der Waals surface area contributed by atoms with Crippen LogP contribution in [0.25, 0.3) is 0 Å². The molecule has 1 aromatic rings. The van der Waals surface area contributed by atoms with Gasteiger partial charge in [-0.3, -0.25) is 9.89 Å². The van der Waals surface area contributed by atoms with Gasteiger partial charge in [0.05, 0.1) is 5.01 Å². The van der Waals surface area contributed by atoms with Gasteiger partial charge in [0.15, 0.2) is 5.96 Å². The molecule has 0 radical (unpaired) electrons. The second-order valence-electron chi connectivity index (χ2n) is 5.89. The molecule has 22 heavy (non-hydrogen) atoms. The van der Waals surface area contributed by atoms with Crippen molar-refractivity contribution in [1.29, 1.82) is 0 Å². The molecule has 1 aliphatic heterocycles. The van der Waals surface area contributed by atoms with E-state index in [0.29, 0.717) is 6.04 Å². The van der Waals surface area contributed by atoms with E-state index in [-0.39, 0.29) is 0 Å². The van der Waals surface area contributed by atoms with Gasteiger partial charge < -0.3 is 15.5 Å². The van der Waals surface area contributed by atoms with Gasteiger partial charge in [-0.2, -0.15) is 0 Å². The number of hydrogen-bond donors (Lipinski definition) is 2. The maximum atomic E-state index is 4.38. The standard InChI is InChI=1S/C15H28N6S/c1-12-9-18-14(22-12)5-6-17-15(16-2)19-10-13-11-20(3)7-8-21(13)4/h9,13H,5-8,10-11H2,1-4H3,(H2,16,17,19). The summed E-state index contributed by atoms with van der Waals surface area (Å²) in [6.07, 6.45) is 2.87. The van der Waals surface area contributed by atoms with E-state index in [1.807, 2.05) is 13.2 Å². The van der Waals surface area contributed by atoms with Crippen molar-refractivity contribution < 1.29 is 0 Å². The quantitative estimate of drug-likeness (QED) is 0.607. The van der Waals surface area contributed by atoms with Gasteiger partial charge in [-0.1, -0.05) is 0 Å². The Labute approximate surface area is 137 Å². The Bertz CT molecular complexity index is 486. The predicted molar refractivity (Wildman–Crippen MR) is 93.8 cm³/mol. The fourth-order valence-electron chi connectivity index (χ4n) is 2.56. The summed E-state index contributed by atoms with van der Waals surface area (Å²) >= 11 is 1.76. The van der Waals surface area contributed by atoms with Gasteiger partial charge in [0.2, 0.25) is 0 Å². The van der Waals surface area contributed by atoms with E-state index in [1.165, 1.54) is 9.88 Å². The Morgan fingerprint density at radius 1 is 1.41 bits per heavy atom. The Morgan fingerprint density at radius 2 is 2.23 bits per heavy atom. The highest BCUT2D eigenvalue weighted by Gasteiger charge is 2.21. The van der Waals surface area contributed by atoms with Gasteiger partial charge in [-0.15, -0.1) is 11.3 Å². The molecule has 2 rings (SSSR count). The summed E-state index contributed by atoms with van der Waals surface area (Å²) in [5, 5.41) is 7.98. The topological polar surface area (TPSA) is 55.8 Å². The number of hydrogen-bond acceptors (Lipinski definition) is 5. The molecule has 0 saturated carbocycles. The van der Waals surface area contributed by atoms with Crippen molar-refractivity contribution in [2.24, 2.45) is 4.99 Å². The molecule has 124 valence electrons. The van der Waals surface area contributed by atoms with Crippen LogP contribution < -0.4 is 10.6 Å². The maximum absolute atomic E-state index is 4.38. The van der Waals surface area contributed by atoms with Crippen LogP contribution >= 0.6 is 11.3 Å². The molecule has 1 unspecified atom stereocenters.